The Morgan fingerprint density at radius 2 is 1.86 bits per heavy atom. The number of benzene rings is 2. The molecule has 0 unspecified atom stereocenters. The number of hydrogen-bond donors (Lipinski definition) is 0. The second-order valence-electron chi connectivity index (χ2n) is 9.36. The molecule has 2 heterocycles. The lowest BCUT2D eigenvalue weighted by Gasteiger charge is -2.40. The third kappa shape index (κ3) is 5.56. The predicted octanol–water partition coefficient (Wildman–Crippen LogP) is 3.97. The van der Waals surface area contributed by atoms with E-state index in [0.717, 1.165) is 35.3 Å². The van der Waals surface area contributed by atoms with Gasteiger partial charge in [-0.2, -0.15) is 5.10 Å². The summed E-state index contributed by atoms with van der Waals surface area (Å²) in [5.74, 6) is 1.07. The van der Waals surface area contributed by atoms with Crippen molar-refractivity contribution in [2.45, 2.75) is 32.2 Å². The summed E-state index contributed by atoms with van der Waals surface area (Å²) in [5, 5.41) is 4.32. The molecule has 0 radical (unpaired) electrons. The Bertz CT molecular complexity index is 1180. The fraction of sp³-hybridized carbons (Fsp3) is 0.393. The minimum Gasteiger partial charge on any atom is -0.497 e. The number of ether oxygens (including phenoxy) is 1. The molecular formula is C28H34N4O3. The van der Waals surface area contributed by atoms with Crippen LogP contribution in [0.5, 0.6) is 5.75 Å². The van der Waals surface area contributed by atoms with E-state index >= 15 is 0 Å². The molecule has 1 atom stereocenters. The number of piperidine rings is 1. The summed E-state index contributed by atoms with van der Waals surface area (Å²) in [5.41, 5.74) is 3.32. The van der Waals surface area contributed by atoms with Gasteiger partial charge in [-0.15, -0.1) is 0 Å². The van der Waals surface area contributed by atoms with E-state index in [4.69, 9.17) is 4.74 Å². The van der Waals surface area contributed by atoms with Crippen molar-refractivity contribution >= 4 is 11.8 Å². The normalized spacial score (nSPS) is 15.0. The Hall–Kier alpha value is -3.61. The van der Waals surface area contributed by atoms with E-state index in [2.05, 4.69) is 11.2 Å². The molecule has 2 amide bonds. The predicted molar refractivity (Wildman–Crippen MR) is 136 cm³/mol. The van der Waals surface area contributed by atoms with Gasteiger partial charge in [-0.05, 0) is 67.5 Å². The highest BCUT2D eigenvalue weighted by atomic mass is 16.5. The summed E-state index contributed by atoms with van der Waals surface area (Å²) >= 11 is 0. The monoisotopic (exact) mass is 474 g/mol. The van der Waals surface area contributed by atoms with E-state index in [1.165, 1.54) is 0 Å². The van der Waals surface area contributed by atoms with Gasteiger partial charge in [-0.25, -0.2) is 0 Å². The topological polar surface area (TPSA) is 67.7 Å². The minimum absolute atomic E-state index is 0.0210. The summed E-state index contributed by atoms with van der Waals surface area (Å²) in [6.07, 6.45) is 4.18. The third-order valence-corrected chi connectivity index (χ3v) is 7.08. The number of carbonyl (C=O) groups excluding carboxylic acids is 2. The molecule has 1 aliphatic rings. The maximum Gasteiger partial charge on any atom is 0.274 e. The first-order chi connectivity index (χ1) is 16.9. The molecule has 35 heavy (non-hydrogen) atoms. The average Bonchev–Trinajstić information content (AvgIpc) is 3.32. The molecule has 1 saturated heterocycles. The Morgan fingerprint density at radius 1 is 1.11 bits per heavy atom. The van der Waals surface area contributed by atoms with Crippen LogP contribution in [0.4, 0.5) is 0 Å². The molecule has 1 fully saturated rings. The third-order valence-electron chi connectivity index (χ3n) is 7.08. The SMILES string of the molecule is COc1cccc(C[C@H](C2CCN(C(=O)c3ccccc3C)CC2)N(C)C(=O)c2ccn(C)n2)c1. The first-order valence-corrected chi connectivity index (χ1v) is 12.1. The molecule has 7 nitrogen and oxygen atoms in total. The molecule has 7 heteroatoms. The quantitative estimate of drug-likeness (QED) is 0.520. The van der Waals surface area contributed by atoms with Gasteiger partial charge in [0.25, 0.3) is 11.8 Å². The Balaban J connectivity index is 1.52. The Morgan fingerprint density at radius 3 is 2.51 bits per heavy atom. The van der Waals surface area contributed by atoms with Gasteiger partial charge in [0.15, 0.2) is 0 Å². The second-order valence-corrected chi connectivity index (χ2v) is 9.36. The summed E-state index contributed by atoms with van der Waals surface area (Å²) in [6, 6.07) is 17.5. The summed E-state index contributed by atoms with van der Waals surface area (Å²) in [7, 11) is 5.34. The molecule has 0 aliphatic carbocycles. The molecular weight excluding hydrogens is 440 g/mol. The second kappa shape index (κ2) is 10.8. The van der Waals surface area contributed by atoms with Gasteiger partial charge < -0.3 is 14.5 Å². The fourth-order valence-corrected chi connectivity index (χ4v) is 4.99. The number of amides is 2. The maximum atomic E-state index is 13.3. The van der Waals surface area contributed by atoms with Crippen LogP contribution in [-0.4, -0.2) is 64.7 Å². The molecule has 0 bridgehead atoms. The molecule has 1 aliphatic heterocycles. The lowest BCUT2D eigenvalue weighted by Crippen LogP contribution is -2.48. The van der Waals surface area contributed by atoms with Crippen LogP contribution in [0, 0.1) is 12.8 Å². The van der Waals surface area contributed by atoms with Crippen LogP contribution < -0.4 is 4.74 Å². The standard InChI is InChI=1S/C28H34N4O3/c1-20-8-5-6-11-24(20)27(33)32-16-12-22(13-17-32)26(19-21-9-7-10-23(18-21)35-4)31(3)28(34)25-14-15-30(2)29-25/h5-11,14-15,18,22,26H,12-13,16-17,19H2,1-4H3/t26-/m1/s1. The smallest absolute Gasteiger partial charge is 0.274 e. The Kier molecular flexibility index (Phi) is 7.54. The van der Waals surface area contributed by atoms with E-state index in [-0.39, 0.29) is 23.8 Å². The van der Waals surface area contributed by atoms with Crippen LogP contribution in [0.2, 0.25) is 0 Å². The van der Waals surface area contributed by atoms with Crippen molar-refractivity contribution in [2.24, 2.45) is 13.0 Å². The van der Waals surface area contributed by atoms with E-state index in [9.17, 15) is 9.59 Å². The number of likely N-dealkylation sites (N-methyl/N-ethyl adjacent to an activating group) is 1. The molecule has 0 N–H and O–H groups in total. The van der Waals surface area contributed by atoms with Crippen molar-refractivity contribution in [2.75, 3.05) is 27.2 Å². The van der Waals surface area contributed by atoms with Gasteiger partial charge in [0.1, 0.15) is 11.4 Å². The lowest BCUT2D eigenvalue weighted by atomic mass is 9.84. The highest BCUT2D eigenvalue weighted by Crippen LogP contribution is 2.29. The summed E-state index contributed by atoms with van der Waals surface area (Å²) in [6.45, 7) is 3.33. The van der Waals surface area contributed by atoms with Crippen LogP contribution in [0.3, 0.4) is 0 Å². The number of methoxy groups -OCH3 is 1. The number of aromatic nitrogens is 2. The Labute approximate surface area is 207 Å². The zero-order valence-electron chi connectivity index (χ0n) is 21.0. The highest BCUT2D eigenvalue weighted by Gasteiger charge is 2.34. The highest BCUT2D eigenvalue weighted by molar-refractivity contribution is 5.95. The van der Waals surface area contributed by atoms with Crippen LogP contribution in [0.1, 0.15) is 44.8 Å². The van der Waals surface area contributed by atoms with E-state index < -0.39 is 0 Å². The van der Waals surface area contributed by atoms with Gasteiger partial charge in [-0.1, -0.05) is 30.3 Å². The minimum atomic E-state index is -0.0862. The van der Waals surface area contributed by atoms with Gasteiger partial charge in [-0.3, -0.25) is 14.3 Å². The van der Waals surface area contributed by atoms with Crippen molar-refractivity contribution in [3.8, 4) is 5.75 Å². The summed E-state index contributed by atoms with van der Waals surface area (Å²) in [4.78, 5) is 30.2. The molecule has 0 saturated carbocycles. The maximum absolute atomic E-state index is 13.3. The number of aryl methyl sites for hydroxylation is 2. The van der Waals surface area contributed by atoms with E-state index in [0.29, 0.717) is 25.2 Å². The molecule has 1 aromatic heterocycles. The zero-order valence-corrected chi connectivity index (χ0v) is 21.0. The van der Waals surface area contributed by atoms with Gasteiger partial charge >= 0.3 is 0 Å². The van der Waals surface area contributed by atoms with Crippen molar-refractivity contribution in [1.82, 2.24) is 19.6 Å². The van der Waals surface area contributed by atoms with E-state index in [1.54, 1.807) is 24.1 Å². The molecule has 2 aromatic carbocycles. The number of rotatable bonds is 7. The van der Waals surface area contributed by atoms with Crippen LogP contribution in [0.15, 0.2) is 60.8 Å². The van der Waals surface area contributed by atoms with Gasteiger partial charge in [0.2, 0.25) is 0 Å². The number of hydrogen-bond acceptors (Lipinski definition) is 4. The first kappa shape index (κ1) is 24.5. The lowest BCUT2D eigenvalue weighted by molar-refractivity contribution is 0.0518. The average molecular weight is 475 g/mol. The van der Waals surface area contributed by atoms with Crippen LogP contribution in [-0.2, 0) is 13.5 Å². The fourth-order valence-electron chi connectivity index (χ4n) is 4.99. The zero-order chi connectivity index (χ0) is 24.9. The van der Waals surface area contributed by atoms with Crippen LogP contribution in [0.25, 0.3) is 0 Å². The van der Waals surface area contributed by atoms with Crippen molar-refractivity contribution < 1.29 is 14.3 Å². The van der Waals surface area contributed by atoms with Crippen molar-refractivity contribution in [3.63, 3.8) is 0 Å². The van der Waals surface area contributed by atoms with Crippen molar-refractivity contribution in [1.29, 1.82) is 0 Å². The molecule has 4 rings (SSSR count). The molecule has 3 aromatic rings. The molecule has 184 valence electrons. The first-order valence-electron chi connectivity index (χ1n) is 12.1. The van der Waals surface area contributed by atoms with Gasteiger partial charge in [0.05, 0.1) is 7.11 Å². The van der Waals surface area contributed by atoms with Crippen LogP contribution >= 0.6 is 0 Å². The molecule has 0 spiro atoms. The number of carbonyl (C=O) groups is 2. The van der Waals surface area contributed by atoms with E-state index in [1.807, 2.05) is 73.3 Å². The number of nitrogens with zero attached hydrogens (tertiary/aromatic N) is 4. The van der Waals surface area contributed by atoms with Gasteiger partial charge in [0, 0.05) is 45.0 Å². The van der Waals surface area contributed by atoms with Crippen molar-refractivity contribution in [3.05, 3.63) is 83.2 Å². The summed E-state index contributed by atoms with van der Waals surface area (Å²) < 4.78 is 7.06. The number of likely N-dealkylation sites (tertiary alicyclic amines) is 1. The largest absolute Gasteiger partial charge is 0.497 e.